The second-order valence-corrected chi connectivity index (χ2v) is 5.52. The highest BCUT2D eigenvalue weighted by Crippen LogP contribution is 2.32. The van der Waals surface area contributed by atoms with Gasteiger partial charge in [0.2, 0.25) is 0 Å². The first-order valence-corrected chi connectivity index (χ1v) is 6.46. The number of amides is 1. The molecule has 1 amide bonds. The molecule has 1 aliphatic rings. The number of hydrogen-bond acceptors (Lipinski definition) is 3. The van der Waals surface area contributed by atoms with Crippen molar-refractivity contribution in [1.29, 1.82) is 0 Å². The minimum Gasteiger partial charge on any atom is -0.380 e. The zero-order valence-corrected chi connectivity index (χ0v) is 11.4. The van der Waals surface area contributed by atoms with E-state index in [2.05, 4.69) is 17.2 Å². The molecule has 1 aliphatic carbocycles. The topological polar surface area (TPSA) is 45.2 Å². The Bertz CT molecular complexity index is 436. The first-order valence-electron chi connectivity index (χ1n) is 6.46. The van der Waals surface area contributed by atoms with E-state index in [-0.39, 0.29) is 11.4 Å². The maximum absolute atomic E-state index is 11.8. The molecule has 4 nitrogen and oxygen atoms in total. The van der Waals surface area contributed by atoms with Gasteiger partial charge in [-0.3, -0.25) is 9.78 Å². The first kappa shape index (κ1) is 12.9. The van der Waals surface area contributed by atoms with Gasteiger partial charge >= 0.3 is 0 Å². The van der Waals surface area contributed by atoms with Crippen LogP contribution in [0.2, 0.25) is 0 Å². The first-order chi connectivity index (χ1) is 8.50. The minimum atomic E-state index is -0.0600. The van der Waals surface area contributed by atoms with Crippen LogP contribution in [-0.4, -0.2) is 35.4 Å². The lowest BCUT2D eigenvalue weighted by Crippen LogP contribution is -2.31. The van der Waals surface area contributed by atoms with Crippen molar-refractivity contribution in [3.05, 3.63) is 24.0 Å². The van der Waals surface area contributed by atoms with Gasteiger partial charge in [0, 0.05) is 31.5 Å². The SMILES string of the molecule is CN(C)C(=O)c1cc(NC2(C)CCCC2)ccn1. The molecule has 1 heterocycles. The molecule has 0 unspecified atom stereocenters. The van der Waals surface area contributed by atoms with E-state index in [1.807, 2.05) is 12.1 Å². The van der Waals surface area contributed by atoms with Crippen molar-refractivity contribution in [2.45, 2.75) is 38.1 Å². The molecule has 0 bridgehead atoms. The van der Waals surface area contributed by atoms with Gasteiger partial charge < -0.3 is 10.2 Å². The molecule has 0 radical (unpaired) electrons. The quantitative estimate of drug-likeness (QED) is 0.892. The molecule has 1 fully saturated rings. The van der Waals surface area contributed by atoms with Crippen LogP contribution >= 0.6 is 0 Å². The van der Waals surface area contributed by atoms with Gasteiger partial charge in [-0.2, -0.15) is 0 Å². The second-order valence-electron chi connectivity index (χ2n) is 5.52. The summed E-state index contributed by atoms with van der Waals surface area (Å²) in [6.07, 6.45) is 6.62. The molecule has 1 saturated carbocycles. The van der Waals surface area contributed by atoms with Crippen molar-refractivity contribution < 1.29 is 4.79 Å². The molecule has 1 aromatic heterocycles. The molecule has 2 rings (SSSR count). The Kier molecular flexibility index (Phi) is 3.55. The number of nitrogens with zero attached hydrogens (tertiary/aromatic N) is 2. The molecule has 1 N–H and O–H groups in total. The monoisotopic (exact) mass is 247 g/mol. The summed E-state index contributed by atoms with van der Waals surface area (Å²) >= 11 is 0. The van der Waals surface area contributed by atoms with Gasteiger partial charge in [-0.1, -0.05) is 12.8 Å². The maximum atomic E-state index is 11.8. The molecular formula is C14H21N3O. The highest BCUT2D eigenvalue weighted by atomic mass is 16.2. The predicted molar refractivity (Wildman–Crippen MR) is 72.8 cm³/mol. The van der Waals surface area contributed by atoms with Crippen LogP contribution in [-0.2, 0) is 0 Å². The lowest BCUT2D eigenvalue weighted by atomic mass is 10.0. The second kappa shape index (κ2) is 4.96. The summed E-state index contributed by atoms with van der Waals surface area (Å²) in [7, 11) is 3.48. The fourth-order valence-corrected chi connectivity index (χ4v) is 2.48. The molecule has 1 aromatic rings. The normalized spacial score (nSPS) is 17.5. The molecule has 0 atom stereocenters. The summed E-state index contributed by atoms with van der Waals surface area (Å²) < 4.78 is 0. The van der Waals surface area contributed by atoms with Crippen LogP contribution in [0.5, 0.6) is 0 Å². The summed E-state index contributed by atoms with van der Waals surface area (Å²) in [6, 6.07) is 3.77. The van der Waals surface area contributed by atoms with Crippen LogP contribution in [0, 0.1) is 0 Å². The number of rotatable bonds is 3. The van der Waals surface area contributed by atoms with E-state index in [9.17, 15) is 4.79 Å². The molecule has 0 aromatic carbocycles. The van der Waals surface area contributed by atoms with Gasteiger partial charge in [0.05, 0.1) is 0 Å². The van der Waals surface area contributed by atoms with Gasteiger partial charge in [0.1, 0.15) is 5.69 Å². The summed E-state index contributed by atoms with van der Waals surface area (Å²) in [5.41, 5.74) is 1.64. The van der Waals surface area contributed by atoms with Gasteiger partial charge in [-0.25, -0.2) is 0 Å². The van der Waals surface area contributed by atoms with Crippen molar-refractivity contribution in [2.75, 3.05) is 19.4 Å². The van der Waals surface area contributed by atoms with Crippen molar-refractivity contribution in [3.8, 4) is 0 Å². The predicted octanol–water partition coefficient (Wildman–Crippen LogP) is 2.53. The standard InChI is InChI=1S/C14H21N3O/c1-14(7-4-5-8-14)16-11-6-9-15-12(10-11)13(18)17(2)3/h6,9-10H,4-5,7-8H2,1-3H3,(H,15,16). The Morgan fingerprint density at radius 1 is 1.39 bits per heavy atom. The summed E-state index contributed by atoms with van der Waals surface area (Å²) in [5.74, 6) is -0.0600. The fraction of sp³-hybridized carbons (Fsp3) is 0.571. The van der Waals surface area contributed by atoms with Gasteiger partial charge in [-0.15, -0.1) is 0 Å². The Morgan fingerprint density at radius 3 is 2.67 bits per heavy atom. The number of pyridine rings is 1. The van der Waals surface area contributed by atoms with E-state index in [0.29, 0.717) is 5.69 Å². The molecule has 98 valence electrons. The van der Waals surface area contributed by atoms with Gasteiger partial charge in [-0.05, 0) is 31.9 Å². The lowest BCUT2D eigenvalue weighted by molar-refractivity contribution is 0.0822. The van der Waals surface area contributed by atoms with E-state index in [1.165, 1.54) is 25.7 Å². The van der Waals surface area contributed by atoms with Gasteiger partial charge in [0.25, 0.3) is 5.91 Å². The molecule has 4 heteroatoms. The van der Waals surface area contributed by atoms with Crippen molar-refractivity contribution >= 4 is 11.6 Å². The Morgan fingerprint density at radius 2 is 2.06 bits per heavy atom. The number of carbonyl (C=O) groups excluding carboxylic acids is 1. The summed E-state index contributed by atoms with van der Waals surface area (Å²) in [4.78, 5) is 17.5. The van der Waals surface area contributed by atoms with Gasteiger partial charge in [0.15, 0.2) is 0 Å². The third-order valence-corrected chi connectivity index (χ3v) is 3.54. The van der Waals surface area contributed by atoms with Crippen LogP contribution in [0.3, 0.4) is 0 Å². The Hall–Kier alpha value is -1.58. The average Bonchev–Trinajstić information content (AvgIpc) is 2.75. The van der Waals surface area contributed by atoms with Crippen LogP contribution < -0.4 is 5.32 Å². The van der Waals surface area contributed by atoms with Crippen molar-refractivity contribution in [2.24, 2.45) is 0 Å². The summed E-state index contributed by atoms with van der Waals surface area (Å²) in [6.45, 7) is 2.24. The van der Waals surface area contributed by atoms with E-state index < -0.39 is 0 Å². The average molecular weight is 247 g/mol. The highest BCUT2D eigenvalue weighted by Gasteiger charge is 2.28. The summed E-state index contributed by atoms with van der Waals surface area (Å²) in [5, 5.41) is 3.54. The van der Waals surface area contributed by atoms with E-state index >= 15 is 0 Å². The Balaban J connectivity index is 2.14. The number of nitrogens with one attached hydrogen (secondary N) is 1. The van der Waals surface area contributed by atoms with E-state index in [1.54, 1.807) is 25.2 Å². The van der Waals surface area contributed by atoms with E-state index in [0.717, 1.165) is 5.69 Å². The number of anilines is 1. The van der Waals surface area contributed by atoms with E-state index in [4.69, 9.17) is 0 Å². The lowest BCUT2D eigenvalue weighted by Gasteiger charge is -2.26. The Labute approximate surface area is 108 Å². The smallest absolute Gasteiger partial charge is 0.272 e. The minimum absolute atomic E-state index is 0.0600. The number of hydrogen-bond donors (Lipinski definition) is 1. The zero-order valence-electron chi connectivity index (χ0n) is 11.4. The van der Waals surface area contributed by atoms with Crippen molar-refractivity contribution in [1.82, 2.24) is 9.88 Å². The fourth-order valence-electron chi connectivity index (χ4n) is 2.48. The largest absolute Gasteiger partial charge is 0.380 e. The molecule has 18 heavy (non-hydrogen) atoms. The number of aromatic nitrogens is 1. The van der Waals surface area contributed by atoms with Crippen LogP contribution in [0.15, 0.2) is 18.3 Å². The van der Waals surface area contributed by atoms with Crippen LogP contribution in [0.4, 0.5) is 5.69 Å². The highest BCUT2D eigenvalue weighted by molar-refractivity contribution is 5.92. The zero-order chi connectivity index (χ0) is 13.2. The molecule has 0 aliphatic heterocycles. The maximum Gasteiger partial charge on any atom is 0.272 e. The van der Waals surface area contributed by atoms with Crippen molar-refractivity contribution in [3.63, 3.8) is 0 Å². The third-order valence-electron chi connectivity index (χ3n) is 3.54. The van der Waals surface area contributed by atoms with Crippen LogP contribution in [0.1, 0.15) is 43.1 Å². The molecular weight excluding hydrogens is 226 g/mol. The third kappa shape index (κ3) is 2.81. The number of carbonyl (C=O) groups is 1. The van der Waals surface area contributed by atoms with Crippen LogP contribution in [0.25, 0.3) is 0 Å². The molecule has 0 spiro atoms. The molecule has 0 saturated heterocycles.